The molecule has 3 saturated heterocycles. The van der Waals surface area contributed by atoms with E-state index in [0.29, 0.717) is 18.0 Å². The number of nitrogens with zero attached hydrogens (tertiary/aromatic N) is 3. The zero-order valence-corrected chi connectivity index (χ0v) is 13.6. The number of hydrogen-bond acceptors (Lipinski definition) is 3. The molecule has 0 radical (unpaired) electrons. The van der Waals surface area contributed by atoms with E-state index in [0.717, 1.165) is 19.5 Å². The van der Waals surface area contributed by atoms with Crippen molar-refractivity contribution in [2.24, 2.45) is 0 Å². The lowest BCUT2D eigenvalue weighted by Crippen LogP contribution is -2.47. The Hall–Kier alpha value is -0.610. The summed E-state index contributed by atoms with van der Waals surface area (Å²) in [5.41, 5.74) is 0. The molecule has 21 heavy (non-hydrogen) atoms. The first-order valence-corrected chi connectivity index (χ1v) is 8.98. The number of likely N-dealkylation sites (tertiary alicyclic amines) is 3. The first-order valence-electron chi connectivity index (χ1n) is 8.98. The first kappa shape index (κ1) is 15.3. The van der Waals surface area contributed by atoms with Crippen LogP contribution in [0.1, 0.15) is 51.4 Å². The van der Waals surface area contributed by atoms with Crippen molar-refractivity contribution >= 4 is 5.91 Å². The van der Waals surface area contributed by atoms with E-state index in [1.165, 1.54) is 64.6 Å². The maximum absolute atomic E-state index is 12.6. The topological polar surface area (TPSA) is 26.8 Å². The van der Waals surface area contributed by atoms with Gasteiger partial charge in [0.1, 0.15) is 0 Å². The maximum Gasteiger partial charge on any atom is 0.224 e. The fraction of sp³-hybridized carbons (Fsp3) is 0.941. The van der Waals surface area contributed by atoms with Gasteiger partial charge in [0.2, 0.25) is 5.91 Å². The summed E-state index contributed by atoms with van der Waals surface area (Å²) in [6.45, 7) is 5.57. The van der Waals surface area contributed by atoms with Crippen LogP contribution in [0.2, 0.25) is 0 Å². The molecule has 3 rings (SSSR count). The van der Waals surface area contributed by atoms with E-state index in [2.05, 4.69) is 21.7 Å². The minimum Gasteiger partial charge on any atom is -0.338 e. The predicted octanol–water partition coefficient (Wildman–Crippen LogP) is 1.95. The van der Waals surface area contributed by atoms with Crippen molar-refractivity contribution in [3.05, 3.63) is 0 Å². The molecular weight excluding hydrogens is 262 g/mol. The second-order valence-electron chi connectivity index (χ2n) is 7.14. The van der Waals surface area contributed by atoms with Gasteiger partial charge in [-0.1, -0.05) is 6.42 Å². The lowest BCUT2D eigenvalue weighted by molar-refractivity contribution is -0.133. The number of amides is 1. The molecule has 3 fully saturated rings. The van der Waals surface area contributed by atoms with Crippen molar-refractivity contribution < 1.29 is 4.79 Å². The van der Waals surface area contributed by atoms with Crippen LogP contribution >= 0.6 is 0 Å². The standard InChI is InChI=1S/C17H31N3O/c1-18-10-5-7-15(18)16-8-6-13-20(16)17(21)9-14-19-11-3-2-4-12-19/h15-16H,2-14H2,1H3/t15-,16-/m0/s1. The van der Waals surface area contributed by atoms with Gasteiger partial charge in [-0.15, -0.1) is 0 Å². The van der Waals surface area contributed by atoms with Gasteiger partial charge < -0.3 is 14.7 Å². The molecule has 0 bridgehead atoms. The normalized spacial score (nSPS) is 32.0. The van der Waals surface area contributed by atoms with Gasteiger partial charge in [-0.3, -0.25) is 4.79 Å². The van der Waals surface area contributed by atoms with Crippen LogP contribution in [-0.4, -0.2) is 72.5 Å². The third kappa shape index (κ3) is 3.59. The van der Waals surface area contributed by atoms with Crippen LogP contribution in [0.5, 0.6) is 0 Å². The molecule has 0 unspecified atom stereocenters. The highest BCUT2D eigenvalue weighted by Crippen LogP contribution is 2.29. The minimum atomic E-state index is 0.406. The fourth-order valence-electron chi connectivity index (χ4n) is 4.50. The SMILES string of the molecule is CN1CCC[C@H]1[C@@H]1CCCN1C(=O)CCN1CCCCC1. The van der Waals surface area contributed by atoms with Crippen molar-refractivity contribution in [3.63, 3.8) is 0 Å². The van der Waals surface area contributed by atoms with Gasteiger partial charge in [0.15, 0.2) is 0 Å². The van der Waals surface area contributed by atoms with Crippen molar-refractivity contribution in [1.29, 1.82) is 0 Å². The smallest absolute Gasteiger partial charge is 0.224 e. The van der Waals surface area contributed by atoms with Gasteiger partial charge in [0, 0.05) is 31.6 Å². The van der Waals surface area contributed by atoms with Gasteiger partial charge in [-0.25, -0.2) is 0 Å². The van der Waals surface area contributed by atoms with Gasteiger partial charge in [0.05, 0.1) is 0 Å². The van der Waals surface area contributed by atoms with Crippen LogP contribution in [0, 0.1) is 0 Å². The van der Waals surface area contributed by atoms with Crippen molar-refractivity contribution in [2.75, 3.05) is 39.8 Å². The molecule has 3 aliphatic rings. The third-order valence-corrected chi connectivity index (χ3v) is 5.73. The molecule has 4 heteroatoms. The number of piperidine rings is 1. The zero-order chi connectivity index (χ0) is 14.7. The summed E-state index contributed by atoms with van der Waals surface area (Å²) in [7, 11) is 2.23. The first-order chi connectivity index (χ1) is 10.3. The summed E-state index contributed by atoms with van der Waals surface area (Å²) in [6.07, 6.45) is 9.71. The Balaban J connectivity index is 1.50. The molecule has 0 aromatic heterocycles. The highest BCUT2D eigenvalue weighted by molar-refractivity contribution is 5.77. The summed E-state index contributed by atoms with van der Waals surface area (Å²) in [5.74, 6) is 0.406. The molecule has 120 valence electrons. The maximum atomic E-state index is 12.6. The van der Waals surface area contributed by atoms with Crippen LogP contribution in [0.15, 0.2) is 0 Å². The Labute approximate surface area is 129 Å². The van der Waals surface area contributed by atoms with Crippen molar-refractivity contribution in [1.82, 2.24) is 14.7 Å². The lowest BCUT2D eigenvalue weighted by atomic mass is 10.0. The zero-order valence-electron chi connectivity index (χ0n) is 13.6. The summed E-state index contributed by atoms with van der Waals surface area (Å²) in [4.78, 5) is 19.8. The van der Waals surface area contributed by atoms with Crippen LogP contribution in [0.3, 0.4) is 0 Å². The van der Waals surface area contributed by atoms with Crippen LogP contribution in [-0.2, 0) is 4.79 Å². The number of rotatable bonds is 4. The Morgan fingerprint density at radius 1 is 0.905 bits per heavy atom. The molecule has 1 amide bonds. The van der Waals surface area contributed by atoms with Crippen LogP contribution < -0.4 is 0 Å². The van der Waals surface area contributed by atoms with E-state index in [9.17, 15) is 4.79 Å². The highest BCUT2D eigenvalue weighted by Gasteiger charge is 2.38. The Morgan fingerprint density at radius 3 is 2.33 bits per heavy atom. The Kier molecular flexibility index (Phi) is 5.17. The van der Waals surface area contributed by atoms with Crippen LogP contribution in [0.25, 0.3) is 0 Å². The summed E-state index contributed by atoms with van der Waals surface area (Å²) in [6, 6.07) is 1.11. The quantitative estimate of drug-likeness (QED) is 0.792. The summed E-state index contributed by atoms with van der Waals surface area (Å²) in [5, 5.41) is 0. The number of likely N-dealkylation sites (N-methyl/N-ethyl adjacent to an activating group) is 1. The monoisotopic (exact) mass is 293 g/mol. The van der Waals surface area contributed by atoms with E-state index in [1.807, 2.05) is 0 Å². The minimum absolute atomic E-state index is 0.406. The summed E-state index contributed by atoms with van der Waals surface area (Å²) < 4.78 is 0. The molecule has 0 N–H and O–H groups in total. The average Bonchev–Trinajstić information content (AvgIpc) is 3.14. The van der Waals surface area contributed by atoms with Crippen molar-refractivity contribution in [2.45, 2.75) is 63.5 Å². The lowest BCUT2D eigenvalue weighted by Gasteiger charge is -2.34. The summed E-state index contributed by atoms with van der Waals surface area (Å²) >= 11 is 0. The van der Waals surface area contributed by atoms with E-state index >= 15 is 0 Å². The average molecular weight is 293 g/mol. The second-order valence-corrected chi connectivity index (χ2v) is 7.14. The van der Waals surface area contributed by atoms with Gasteiger partial charge in [-0.2, -0.15) is 0 Å². The van der Waals surface area contributed by atoms with E-state index < -0.39 is 0 Å². The fourth-order valence-corrected chi connectivity index (χ4v) is 4.50. The van der Waals surface area contributed by atoms with Gasteiger partial charge in [0.25, 0.3) is 0 Å². The molecule has 4 nitrogen and oxygen atoms in total. The largest absolute Gasteiger partial charge is 0.338 e. The predicted molar refractivity (Wildman–Crippen MR) is 85.3 cm³/mol. The Morgan fingerprint density at radius 2 is 1.62 bits per heavy atom. The number of carbonyl (C=O) groups is 1. The second kappa shape index (κ2) is 7.10. The van der Waals surface area contributed by atoms with Crippen molar-refractivity contribution in [3.8, 4) is 0 Å². The molecule has 2 atom stereocenters. The molecule has 0 aliphatic carbocycles. The number of carbonyl (C=O) groups excluding carboxylic acids is 1. The van der Waals surface area contributed by atoms with E-state index in [-0.39, 0.29) is 0 Å². The van der Waals surface area contributed by atoms with Gasteiger partial charge >= 0.3 is 0 Å². The molecule has 0 saturated carbocycles. The highest BCUT2D eigenvalue weighted by atomic mass is 16.2. The molecule has 0 aromatic carbocycles. The molecule has 0 spiro atoms. The molecular formula is C17H31N3O. The van der Waals surface area contributed by atoms with E-state index in [4.69, 9.17) is 0 Å². The molecule has 3 heterocycles. The Bertz CT molecular complexity index is 354. The molecule has 0 aromatic rings. The number of hydrogen-bond donors (Lipinski definition) is 0. The van der Waals surface area contributed by atoms with E-state index in [1.54, 1.807) is 0 Å². The van der Waals surface area contributed by atoms with Crippen LogP contribution in [0.4, 0.5) is 0 Å². The van der Waals surface area contributed by atoms with Gasteiger partial charge in [-0.05, 0) is 65.2 Å². The third-order valence-electron chi connectivity index (χ3n) is 5.73. The molecule has 3 aliphatic heterocycles.